The quantitative estimate of drug-likeness (QED) is 0.763. The first kappa shape index (κ1) is 10.8. The number of carbonyl (C=O) groups is 1. The van der Waals surface area contributed by atoms with Crippen molar-refractivity contribution in [2.75, 3.05) is 11.4 Å². The molecule has 0 atom stereocenters. The van der Waals surface area contributed by atoms with Gasteiger partial charge in [-0.1, -0.05) is 30.3 Å². The zero-order valence-corrected chi connectivity index (χ0v) is 9.67. The van der Waals surface area contributed by atoms with Crippen molar-refractivity contribution in [2.45, 2.75) is 0 Å². The summed E-state index contributed by atoms with van der Waals surface area (Å²) in [5.41, 5.74) is 1.45. The van der Waals surface area contributed by atoms with E-state index in [1.54, 1.807) is 17.0 Å². The van der Waals surface area contributed by atoms with E-state index in [4.69, 9.17) is 4.74 Å². The minimum Gasteiger partial charge on any atom is -0.474 e. The maximum absolute atomic E-state index is 12.4. The molecule has 18 heavy (non-hydrogen) atoms. The van der Waals surface area contributed by atoms with E-state index < -0.39 is 0 Å². The molecule has 0 aliphatic carbocycles. The summed E-state index contributed by atoms with van der Waals surface area (Å²) >= 11 is 0. The summed E-state index contributed by atoms with van der Waals surface area (Å²) in [6.07, 6.45) is 0. The number of benzene rings is 2. The molecule has 0 fully saturated rings. The van der Waals surface area contributed by atoms with Crippen LogP contribution in [0.5, 0.6) is 5.75 Å². The largest absolute Gasteiger partial charge is 0.474 e. The molecule has 1 aliphatic heterocycles. The van der Waals surface area contributed by atoms with Gasteiger partial charge in [-0.15, -0.1) is 0 Å². The van der Waals surface area contributed by atoms with Crippen molar-refractivity contribution in [1.82, 2.24) is 0 Å². The van der Waals surface area contributed by atoms with Gasteiger partial charge in [0.2, 0.25) is 6.61 Å². The van der Waals surface area contributed by atoms with Gasteiger partial charge in [-0.2, -0.15) is 0 Å². The third-order valence-corrected chi connectivity index (χ3v) is 2.83. The zero-order chi connectivity index (χ0) is 12.4. The average molecular weight is 237 g/mol. The van der Waals surface area contributed by atoms with Crippen molar-refractivity contribution in [3.8, 4) is 5.75 Å². The Morgan fingerprint density at radius 1 is 1.06 bits per heavy atom. The van der Waals surface area contributed by atoms with E-state index in [2.05, 4.69) is 6.61 Å². The Bertz CT molecular complexity index is 566. The number of rotatable bonds is 1. The van der Waals surface area contributed by atoms with Crippen LogP contribution < -0.4 is 9.64 Å². The van der Waals surface area contributed by atoms with Crippen molar-refractivity contribution in [3.05, 3.63) is 66.8 Å². The van der Waals surface area contributed by atoms with Gasteiger partial charge in [0.15, 0.2) is 0 Å². The van der Waals surface area contributed by atoms with Gasteiger partial charge in [-0.25, -0.2) is 0 Å². The van der Waals surface area contributed by atoms with Crippen LogP contribution >= 0.6 is 0 Å². The molecule has 1 heterocycles. The first-order valence-corrected chi connectivity index (χ1v) is 5.72. The Hall–Kier alpha value is -2.29. The maximum atomic E-state index is 12.4. The Morgan fingerprint density at radius 3 is 2.61 bits per heavy atom. The highest BCUT2D eigenvalue weighted by Gasteiger charge is 2.24. The lowest BCUT2D eigenvalue weighted by Crippen LogP contribution is -2.35. The minimum atomic E-state index is -0.0427. The fraction of sp³-hybridized carbons (Fsp3) is 0.0667. The zero-order valence-electron chi connectivity index (χ0n) is 9.67. The molecule has 0 bridgehead atoms. The molecule has 0 saturated carbocycles. The smallest absolute Gasteiger partial charge is 0.258 e. The molecule has 2 radical (unpaired) electrons. The minimum absolute atomic E-state index is 0.0427. The summed E-state index contributed by atoms with van der Waals surface area (Å²) in [6, 6.07) is 16.7. The molecule has 2 aromatic carbocycles. The Kier molecular flexibility index (Phi) is 2.73. The monoisotopic (exact) mass is 237 g/mol. The molecule has 3 rings (SSSR count). The summed E-state index contributed by atoms with van der Waals surface area (Å²) < 4.78 is 5.30. The van der Waals surface area contributed by atoms with E-state index in [-0.39, 0.29) is 5.91 Å². The van der Waals surface area contributed by atoms with E-state index >= 15 is 0 Å². The second kappa shape index (κ2) is 4.53. The predicted octanol–water partition coefficient (Wildman–Crippen LogP) is 2.76. The molecule has 1 amide bonds. The number of para-hydroxylation sites is 2. The highest BCUT2D eigenvalue weighted by atomic mass is 16.5. The van der Waals surface area contributed by atoms with Crippen LogP contribution in [0, 0.1) is 6.61 Å². The topological polar surface area (TPSA) is 29.5 Å². The van der Waals surface area contributed by atoms with E-state index in [9.17, 15) is 4.79 Å². The van der Waals surface area contributed by atoms with Gasteiger partial charge in [0.1, 0.15) is 5.75 Å². The van der Waals surface area contributed by atoms with Crippen LogP contribution in [-0.2, 0) is 0 Å². The summed E-state index contributed by atoms with van der Waals surface area (Å²) in [5, 5.41) is 0. The van der Waals surface area contributed by atoms with Gasteiger partial charge >= 0.3 is 0 Å². The molecule has 3 nitrogen and oxygen atoms in total. The molecule has 88 valence electrons. The number of fused-ring (bicyclic) bond motifs is 1. The Morgan fingerprint density at radius 2 is 1.78 bits per heavy atom. The fourth-order valence-electron chi connectivity index (χ4n) is 1.94. The van der Waals surface area contributed by atoms with Crippen LogP contribution in [0.1, 0.15) is 10.4 Å². The molecule has 0 unspecified atom stereocenters. The summed E-state index contributed by atoms with van der Waals surface area (Å²) in [4.78, 5) is 14.1. The molecule has 1 aliphatic rings. The number of nitrogens with zero attached hydrogens (tertiary/aromatic N) is 1. The second-order valence-electron chi connectivity index (χ2n) is 3.97. The number of hydrogen-bond acceptors (Lipinski definition) is 2. The van der Waals surface area contributed by atoms with E-state index in [0.29, 0.717) is 17.9 Å². The van der Waals surface area contributed by atoms with Crippen LogP contribution in [0.25, 0.3) is 0 Å². The molecule has 3 heteroatoms. The second-order valence-corrected chi connectivity index (χ2v) is 3.97. The molecule has 0 spiro atoms. The molecule has 2 aromatic rings. The Labute approximate surface area is 106 Å². The number of carbonyl (C=O) groups excluding carboxylic acids is 1. The lowest BCUT2D eigenvalue weighted by Gasteiger charge is -2.28. The van der Waals surface area contributed by atoms with Gasteiger partial charge in [0.05, 0.1) is 12.2 Å². The van der Waals surface area contributed by atoms with E-state index in [0.717, 1.165) is 5.69 Å². The molecule has 0 N–H and O–H groups in total. The van der Waals surface area contributed by atoms with Crippen molar-refractivity contribution in [1.29, 1.82) is 0 Å². The first-order chi connectivity index (χ1) is 8.86. The Balaban J connectivity index is 1.97. The lowest BCUT2D eigenvalue weighted by atomic mass is 10.1. The molecular weight excluding hydrogens is 226 g/mol. The van der Waals surface area contributed by atoms with Crippen LogP contribution in [-0.4, -0.2) is 12.5 Å². The van der Waals surface area contributed by atoms with Crippen molar-refractivity contribution < 1.29 is 9.53 Å². The summed E-state index contributed by atoms with van der Waals surface area (Å²) in [6.45, 7) is 3.08. The third kappa shape index (κ3) is 1.84. The van der Waals surface area contributed by atoms with Gasteiger partial charge in [-0.3, -0.25) is 4.79 Å². The maximum Gasteiger partial charge on any atom is 0.258 e. The van der Waals surface area contributed by atoms with Crippen LogP contribution in [0.15, 0.2) is 54.6 Å². The lowest BCUT2D eigenvalue weighted by molar-refractivity contribution is 0.0982. The van der Waals surface area contributed by atoms with E-state index in [1.807, 2.05) is 42.5 Å². The van der Waals surface area contributed by atoms with Crippen molar-refractivity contribution in [3.63, 3.8) is 0 Å². The standard InChI is InChI=1S/C15H11NO2/c17-15(12-6-2-1-3-7-12)16-10-11-18-14-9-5-4-8-13(14)16/h1-9H,10H2. The summed E-state index contributed by atoms with van der Waals surface area (Å²) in [5.74, 6) is 0.617. The van der Waals surface area contributed by atoms with E-state index in [1.165, 1.54) is 0 Å². The number of ether oxygens (including phenoxy) is 1. The van der Waals surface area contributed by atoms with Crippen LogP contribution in [0.2, 0.25) is 0 Å². The number of anilines is 1. The SMILES string of the molecule is O=C(c1ccccc1)N1C[C]Oc2ccccc21. The molecular formula is C15H11NO2. The first-order valence-electron chi connectivity index (χ1n) is 5.72. The van der Waals surface area contributed by atoms with Gasteiger partial charge in [-0.05, 0) is 24.3 Å². The highest BCUT2D eigenvalue weighted by Crippen LogP contribution is 2.32. The van der Waals surface area contributed by atoms with Gasteiger partial charge < -0.3 is 9.64 Å². The van der Waals surface area contributed by atoms with Crippen molar-refractivity contribution in [2.24, 2.45) is 0 Å². The average Bonchev–Trinajstić information content (AvgIpc) is 2.47. The van der Waals surface area contributed by atoms with Crippen LogP contribution in [0.3, 0.4) is 0 Å². The molecule has 0 saturated heterocycles. The fourth-order valence-corrected chi connectivity index (χ4v) is 1.94. The van der Waals surface area contributed by atoms with Crippen LogP contribution in [0.4, 0.5) is 5.69 Å². The number of hydrogen-bond donors (Lipinski definition) is 0. The van der Waals surface area contributed by atoms with Gasteiger partial charge in [0, 0.05) is 5.56 Å². The highest BCUT2D eigenvalue weighted by molar-refractivity contribution is 6.07. The normalized spacial score (nSPS) is 13.7. The predicted molar refractivity (Wildman–Crippen MR) is 68.4 cm³/mol. The molecule has 0 aromatic heterocycles. The third-order valence-electron chi connectivity index (χ3n) is 2.83. The van der Waals surface area contributed by atoms with Gasteiger partial charge in [0.25, 0.3) is 5.91 Å². The van der Waals surface area contributed by atoms with Crippen molar-refractivity contribution >= 4 is 11.6 Å². The summed E-state index contributed by atoms with van der Waals surface area (Å²) in [7, 11) is 0. The number of amides is 1.